The van der Waals surface area contributed by atoms with E-state index in [9.17, 15) is 4.79 Å². The third-order valence-electron chi connectivity index (χ3n) is 2.14. The highest BCUT2D eigenvalue weighted by Gasteiger charge is 2.21. The Morgan fingerprint density at radius 2 is 2.64 bits per heavy atom. The highest BCUT2D eigenvalue weighted by atomic mass is 16.5. The Bertz CT molecular complexity index is 231. The van der Waals surface area contributed by atoms with Gasteiger partial charge in [-0.2, -0.15) is 5.26 Å². The number of esters is 1. The lowest BCUT2D eigenvalue weighted by Gasteiger charge is -2.13. The molecule has 2 atom stereocenters. The van der Waals surface area contributed by atoms with Gasteiger partial charge >= 0.3 is 5.97 Å². The van der Waals surface area contributed by atoms with E-state index in [1.54, 1.807) is 0 Å². The molecule has 1 fully saturated rings. The molecule has 1 aliphatic heterocycles. The summed E-state index contributed by atoms with van der Waals surface area (Å²) in [6.45, 7) is 1.29. The molecule has 78 valence electrons. The van der Waals surface area contributed by atoms with Gasteiger partial charge in [0.25, 0.3) is 0 Å². The van der Waals surface area contributed by atoms with Gasteiger partial charge in [0.15, 0.2) is 6.04 Å². The molecule has 0 bridgehead atoms. The van der Waals surface area contributed by atoms with Crippen LogP contribution in [-0.4, -0.2) is 38.4 Å². The third-order valence-corrected chi connectivity index (χ3v) is 2.14. The summed E-state index contributed by atoms with van der Waals surface area (Å²) in [6, 6.07) is 0.950. The summed E-state index contributed by atoms with van der Waals surface area (Å²) in [7, 11) is 1.26. The first-order chi connectivity index (χ1) is 6.77. The first kappa shape index (κ1) is 11.0. The smallest absolute Gasteiger partial charge is 0.337 e. The molecular formula is C9H14N2O3. The van der Waals surface area contributed by atoms with Gasteiger partial charge in [0.05, 0.1) is 19.3 Å². The summed E-state index contributed by atoms with van der Waals surface area (Å²) in [5.41, 5.74) is 0. The van der Waals surface area contributed by atoms with Crippen molar-refractivity contribution >= 4 is 5.97 Å². The van der Waals surface area contributed by atoms with Crippen molar-refractivity contribution in [1.82, 2.24) is 5.32 Å². The molecule has 0 aromatic heterocycles. The molecule has 5 nitrogen and oxygen atoms in total. The van der Waals surface area contributed by atoms with Crippen LogP contribution in [0.5, 0.6) is 0 Å². The zero-order valence-corrected chi connectivity index (χ0v) is 8.16. The average molecular weight is 198 g/mol. The molecule has 1 aliphatic rings. The molecule has 0 amide bonds. The first-order valence-electron chi connectivity index (χ1n) is 4.60. The molecule has 1 N–H and O–H groups in total. The number of rotatable bonds is 4. The number of nitriles is 1. The molecule has 0 aromatic carbocycles. The van der Waals surface area contributed by atoms with Crippen molar-refractivity contribution in [3.63, 3.8) is 0 Å². The molecule has 0 spiro atoms. The van der Waals surface area contributed by atoms with Crippen LogP contribution in [0, 0.1) is 11.3 Å². The number of nitrogens with zero attached hydrogens (tertiary/aromatic N) is 1. The van der Waals surface area contributed by atoms with E-state index >= 15 is 0 Å². The van der Waals surface area contributed by atoms with Crippen molar-refractivity contribution in [2.45, 2.75) is 25.0 Å². The number of carbonyl (C=O) groups excluding carboxylic acids is 1. The summed E-state index contributed by atoms with van der Waals surface area (Å²) in [6.07, 6.45) is 2.14. The van der Waals surface area contributed by atoms with Crippen LogP contribution >= 0.6 is 0 Å². The fraction of sp³-hybridized carbons (Fsp3) is 0.778. The van der Waals surface area contributed by atoms with Gasteiger partial charge in [-0.15, -0.1) is 0 Å². The van der Waals surface area contributed by atoms with Crippen LogP contribution in [0.15, 0.2) is 0 Å². The summed E-state index contributed by atoms with van der Waals surface area (Å²) in [5.74, 6) is -0.550. The van der Waals surface area contributed by atoms with E-state index in [1.165, 1.54) is 7.11 Å². The van der Waals surface area contributed by atoms with Gasteiger partial charge in [-0.05, 0) is 12.8 Å². The largest absolute Gasteiger partial charge is 0.467 e. The molecule has 0 aromatic rings. The minimum absolute atomic E-state index is 0.121. The van der Waals surface area contributed by atoms with Crippen LogP contribution in [0.1, 0.15) is 12.8 Å². The molecule has 1 heterocycles. The van der Waals surface area contributed by atoms with Crippen molar-refractivity contribution in [3.05, 3.63) is 0 Å². The Balaban J connectivity index is 2.27. The minimum atomic E-state index is -0.885. The van der Waals surface area contributed by atoms with Crippen LogP contribution in [-0.2, 0) is 14.3 Å². The van der Waals surface area contributed by atoms with Crippen LogP contribution in [0.4, 0.5) is 0 Å². The molecule has 14 heavy (non-hydrogen) atoms. The average Bonchev–Trinajstić information content (AvgIpc) is 2.71. The van der Waals surface area contributed by atoms with Gasteiger partial charge in [-0.3, -0.25) is 5.32 Å². The lowest BCUT2D eigenvalue weighted by atomic mass is 10.2. The fourth-order valence-electron chi connectivity index (χ4n) is 1.35. The van der Waals surface area contributed by atoms with Crippen molar-refractivity contribution in [3.8, 4) is 6.07 Å². The zero-order valence-electron chi connectivity index (χ0n) is 8.16. The lowest BCUT2D eigenvalue weighted by molar-refractivity contribution is -0.141. The van der Waals surface area contributed by atoms with Crippen LogP contribution in [0.3, 0.4) is 0 Å². The van der Waals surface area contributed by atoms with E-state index in [-0.39, 0.29) is 6.10 Å². The highest BCUT2D eigenvalue weighted by Crippen LogP contribution is 2.10. The summed E-state index contributed by atoms with van der Waals surface area (Å²) in [5, 5.41) is 11.4. The monoisotopic (exact) mass is 198 g/mol. The van der Waals surface area contributed by atoms with Gasteiger partial charge in [-0.25, -0.2) is 4.79 Å². The Morgan fingerprint density at radius 3 is 3.14 bits per heavy atom. The molecule has 2 unspecified atom stereocenters. The third kappa shape index (κ3) is 2.98. The SMILES string of the molecule is COC(=O)C(C#N)NCC1CCCO1. The molecule has 0 aliphatic carbocycles. The summed E-state index contributed by atoms with van der Waals surface area (Å²) >= 11 is 0. The van der Waals surface area contributed by atoms with E-state index < -0.39 is 12.0 Å². The maximum Gasteiger partial charge on any atom is 0.337 e. The zero-order chi connectivity index (χ0) is 10.4. The topological polar surface area (TPSA) is 71.4 Å². The standard InChI is InChI=1S/C9H14N2O3/c1-13-9(12)8(5-10)11-6-7-3-2-4-14-7/h7-8,11H,2-4,6H2,1H3. The molecule has 0 saturated carbocycles. The van der Waals surface area contributed by atoms with Crippen LogP contribution in [0.2, 0.25) is 0 Å². The predicted octanol–water partition coefficient (Wildman–Crippen LogP) is -0.180. The van der Waals surface area contributed by atoms with Crippen LogP contribution < -0.4 is 5.32 Å². The molecule has 0 radical (unpaired) electrons. The van der Waals surface area contributed by atoms with Gasteiger partial charge in [0.2, 0.25) is 0 Å². The first-order valence-corrected chi connectivity index (χ1v) is 4.60. The van der Waals surface area contributed by atoms with Crippen LogP contribution in [0.25, 0.3) is 0 Å². The second kappa shape index (κ2) is 5.58. The summed E-state index contributed by atoms with van der Waals surface area (Å²) < 4.78 is 9.79. The maximum atomic E-state index is 11.0. The fourth-order valence-corrected chi connectivity index (χ4v) is 1.35. The van der Waals surface area contributed by atoms with Crippen molar-refractivity contribution in [2.75, 3.05) is 20.3 Å². The summed E-state index contributed by atoms with van der Waals surface area (Å²) in [4.78, 5) is 11.0. The molecule has 5 heteroatoms. The number of ether oxygens (including phenoxy) is 2. The van der Waals surface area contributed by atoms with E-state index in [1.807, 2.05) is 6.07 Å². The van der Waals surface area contributed by atoms with Crippen molar-refractivity contribution in [1.29, 1.82) is 5.26 Å². The second-order valence-electron chi connectivity index (χ2n) is 3.13. The van der Waals surface area contributed by atoms with Gasteiger partial charge in [0.1, 0.15) is 0 Å². The normalized spacial score (nSPS) is 22.7. The number of hydrogen-bond donors (Lipinski definition) is 1. The Labute approximate surface area is 83.0 Å². The number of methoxy groups -OCH3 is 1. The molecule has 1 saturated heterocycles. The van der Waals surface area contributed by atoms with E-state index in [4.69, 9.17) is 10.00 Å². The quantitative estimate of drug-likeness (QED) is 0.634. The van der Waals surface area contributed by atoms with Gasteiger partial charge < -0.3 is 9.47 Å². The Hall–Kier alpha value is -1.12. The Kier molecular flexibility index (Phi) is 4.36. The lowest BCUT2D eigenvalue weighted by Crippen LogP contribution is -2.40. The van der Waals surface area contributed by atoms with Crippen molar-refractivity contribution in [2.24, 2.45) is 0 Å². The van der Waals surface area contributed by atoms with E-state index in [0.29, 0.717) is 6.54 Å². The highest BCUT2D eigenvalue weighted by molar-refractivity contribution is 5.78. The Morgan fingerprint density at radius 1 is 1.86 bits per heavy atom. The molecule has 1 rings (SSSR count). The van der Waals surface area contributed by atoms with Gasteiger partial charge in [0, 0.05) is 13.2 Å². The maximum absolute atomic E-state index is 11.0. The van der Waals surface area contributed by atoms with E-state index in [2.05, 4.69) is 10.1 Å². The number of hydrogen-bond acceptors (Lipinski definition) is 5. The predicted molar refractivity (Wildman–Crippen MR) is 48.4 cm³/mol. The van der Waals surface area contributed by atoms with Gasteiger partial charge in [-0.1, -0.05) is 0 Å². The second-order valence-corrected chi connectivity index (χ2v) is 3.13. The van der Waals surface area contributed by atoms with E-state index in [0.717, 1.165) is 19.4 Å². The number of nitrogens with one attached hydrogen (secondary N) is 1. The minimum Gasteiger partial charge on any atom is -0.467 e. The number of carbonyl (C=O) groups is 1. The van der Waals surface area contributed by atoms with Crippen molar-refractivity contribution < 1.29 is 14.3 Å². The molecular weight excluding hydrogens is 184 g/mol.